The summed E-state index contributed by atoms with van der Waals surface area (Å²) >= 11 is 3.36. The van der Waals surface area contributed by atoms with Gasteiger partial charge in [-0.2, -0.15) is 0 Å². The van der Waals surface area contributed by atoms with Crippen LogP contribution in [0.1, 0.15) is 5.56 Å². The lowest BCUT2D eigenvalue weighted by molar-refractivity contribution is 0.252. The molecule has 0 saturated carbocycles. The maximum Gasteiger partial charge on any atom is 0.319 e. The molecule has 6 heteroatoms. The molecule has 0 saturated heterocycles. The van der Waals surface area contributed by atoms with Crippen molar-refractivity contribution in [2.75, 3.05) is 5.32 Å². The molecule has 0 atom stereocenters. The van der Waals surface area contributed by atoms with Gasteiger partial charge in [0, 0.05) is 23.4 Å². The fourth-order valence-corrected chi connectivity index (χ4v) is 2.37. The first kappa shape index (κ1) is 14.5. The summed E-state index contributed by atoms with van der Waals surface area (Å²) in [5.74, 6) is 0. The third-order valence-corrected chi connectivity index (χ3v) is 3.52. The van der Waals surface area contributed by atoms with E-state index >= 15 is 0 Å². The van der Waals surface area contributed by atoms with Gasteiger partial charge in [0.25, 0.3) is 0 Å². The molecule has 2 amide bonds. The molecule has 1 aromatic carbocycles. The minimum atomic E-state index is -0.277. The highest BCUT2D eigenvalue weighted by Gasteiger charge is 2.07. The number of fused-ring (bicyclic) bond motifs is 1. The Balaban J connectivity index is 1.71. The summed E-state index contributed by atoms with van der Waals surface area (Å²) in [6, 6.07) is 13.0. The Morgan fingerprint density at radius 3 is 2.77 bits per heavy atom. The fraction of sp³-hybridized carbons (Fsp3) is 0.0625. The van der Waals surface area contributed by atoms with Gasteiger partial charge >= 0.3 is 6.03 Å². The molecule has 0 radical (unpaired) electrons. The molecule has 0 unspecified atom stereocenters. The summed E-state index contributed by atoms with van der Waals surface area (Å²) in [4.78, 5) is 20.6. The van der Waals surface area contributed by atoms with Gasteiger partial charge in [-0.05, 0) is 33.6 Å². The van der Waals surface area contributed by atoms with Crippen LogP contribution in [0.4, 0.5) is 10.5 Å². The lowest BCUT2D eigenvalue weighted by Gasteiger charge is -2.09. The van der Waals surface area contributed by atoms with Crippen molar-refractivity contribution in [2.45, 2.75) is 6.54 Å². The number of urea groups is 1. The van der Waals surface area contributed by atoms with Crippen LogP contribution in [0.25, 0.3) is 11.0 Å². The van der Waals surface area contributed by atoms with Gasteiger partial charge in [0.1, 0.15) is 5.52 Å². The number of nitrogens with zero attached hydrogens (tertiary/aromatic N) is 2. The maximum atomic E-state index is 12.0. The van der Waals surface area contributed by atoms with E-state index in [1.54, 1.807) is 18.5 Å². The summed E-state index contributed by atoms with van der Waals surface area (Å²) in [7, 11) is 0. The van der Waals surface area contributed by atoms with E-state index in [4.69, 9.17) is 0 Å². The first-order chi connectivity index (χ1) is 10.7. The third-order valence-electron chi connectivity index (χ3n) is 3.09. The second kappa shape index (κ2) is 6.53. The van der Waals surface area contributed by atoms with Crippen LogP contribution >= 0.6 is 15.9 Å². The van der Waals surface area contributed by atoms with Crippen LogP contribution in [-0.2, 0) is 6.54 Å². The van der Waals surface area contributed by atoms with E-state index in [1.165, 1.54) is 0 Å². The van der Waals surface area contributed by atoms with Crippen LogP contribution in [0, 0.1) is 0 Å². The number of hydrogen-bond acceptors (Lipinski definition) is 3. The summed E-state index contributed by atoms with van der Waals surface area (Å²) < 4.78 is 0.846. The summed E-state index contributed by atoms with van der Waals surface area (Å²) in [5, 5.41) is 5.62. The van der Waals surface area contributed by atoms with Crippen molar-refractivity contribution in [1.29, 1.82) is 0 Å². The van der Waals surface area contributed by atoms with E-state index in [9.17, 15) is 4.79 Å². The molecule has 3 rings (SSSR count). The van der Waals surface area contributed by atoms with Gasteiger partial charge in [-0.3, -0.25) is 9.97 Å². The van der Waals surface area contributed by atoms with Crippen molar-refractivity contribution >= 4 is 38.7 Å². The average Bonchev–Trinajstić information content (AvgIpc) is 2.54. The van der Waals surface area contributed by atoms with E-state index in [-0.39, 0.29) is 6.03 Å². The molecule has 2 N–H and O–H groups in total. The first-order valence-corrected chi connectivity index (χ1v) is 7.51. The molecule has 0 aliphatic rings. The predicted octanol–water partition coefficient (Wildman–Crippen LogP) is 3.71. The topological polar surface area (TPSA) is 66.9 Å². The Labute approximate surface area is 135 Å². The van der Waals surface area contributed by atoms with Crippen molar-refractivity contribution in [2.24, 2.45) is 0 Å². The molecule has 0 bridgehead atoms. The van der Waals surface area contributed by atoms with Gasteiger partial charge in [-0.25, -0.2) is 4.79 Å². The van der Waals surface area contributed by atoms with Gasteiger partial charge in [-0.15, -0.1) is 0 Å². The smallest absolute Gasteiger partial charge is 0.319 e. The van der Waals surface area contributed by atoms with E-state index < -0.39 is 0 Å². The molecule has 110 valence electrons. The number of hydrogen-bond donors (Lipinski definition) is 2. The normalized spacial score (nSPS) is 10.4. The lowest BCUT2D eigenvalue weighted by atomic mass is 10.2. The Hall–Kier alpha value is -2.47. The number of rotatable bonds is 3. The molecule has 0 aliphatic carbocycles. The van der Waals surface area contributed by atoms with E-state index in [0.717, 1.165) is 15.6 Å². The second-order valence-electron chi connectivity index (χ2n) is 4.67. The monoisotopic (exact) mass is 356 g/mol. The number of halogens is 1. The largest absolute Gasteiger partial charge is 0.334 e. The van der Waals surface area contributed by atoms with Gasteiger partial charge < -0.3 is 10.6 Å². The Morgan fingerprint density at radius 1 is 1.14 bits per heavy atom. The molecular weight excluding hydrogens is 344 g/mol. The summed E-state index contributed by atoms with van der Waals surface area (Å²) in [6.07, 6.45) is 3.32. The van der Waals surface area contributed by atoms with Crippen molar-refractivity contribution in [3.63, 3.8) is 0 Å². The fourth-order valence-electron chi connectivity index (χ4n) is 2.05. The van der Waals surface area contributed by atoms with Crippen LogP contribution < -0.4 is 10.6 Å². The number of anilines is 1. The van der Waals surface area contributed by atoms with Crippen molar-refractivity contribution < 1.29 is 4.79 Å². The lowest BCUT2D eigenvalue weighted by Crippen LogP contribution is -2.28. The molecule has 2 heterocycles. The number of aromatic nitrogens is 2. The minimum absolute atomic E-state index is 0.277. The molecular formula is C16H13BrN4O. The standard InChI is InChI=1S/C16H13BrN4O/c17-12-8-14-15(19-10-12)13(6-7-18-14)21-16(22)20-9-11-4-2-1-3-5-11/h1-8,10H,9H2,(H2,18,20,21,22). The second-order valence-corrected chi connectivity index (χ2v) is 5.59. The minimum Gasteiger partial charge on any atom is -0.334 e. The zero-order valence-electron chi connectivity index (χ0n) is 11.6. The molecule has 0 spiro atoms. The predicted molar refractivity (Wildman–Crippen MR) is 89.5 cm³/mol. The number of amides is 2. The van der Waals surface area contributed by atoms with E-state index in [2.05, 4.69) is 36.5 Å². The highest BCUT2D eigenvalue weighted by atomic mass is 79.9. The van der Waals surface area contributed by atoms with E-state index in [1.807, 2.05) is 36.4 Å². The van der Waals surface area contributed by atoms with Gasteiger partial charge in [0.2, 0.25) is 0 Å². The number of pyridine rings is 2. The Kier molecular flexibility index (Phi) is 4.29. The zero-order chi connectivity index (χ0) is 15.4. The summed E-state index contributed by atoms with van der Waals surface area (Å²) in [6.45, 7) is 0.467. The summed E-state index contributed by atoms with van der Waals surface area (Å²) in [5.41, 5.74) is 3.04. The molecule has 5 nitrogen and oxygen atoms in total. The van der Waals surface area contributed by atoms with Gasteiger partial charge in [0.15, 0.2) is 0 Å². The Bertz CT molecular complexity index is 808. The molecule has 2 aromatic heterocycles. The van der Waals surface area contributed by atoms with Crippen LogP contribution in [-0.4, -0.2) is 16.0 Å². The number of carbonyl (C=O) groups is 1. The number of benzene rings is 1. The third kappa shape index (κ3) is 3.40. The number of carbonyl (C=O) groups excluding carboxylic acids is 1. The van der Waals surface area contributed by atoms with Crippen molar-refractivity contribution in [3.8, 4) is 0 Å². The first-order valence-electron chi connectivity index (χ1n) is 6.71. The SMILES string of the molecule is O=C(NCc1ccccc1)Nc1ccnc2cc(Br)cnc12. The molecule has 0 fully saturated rings. The van der Waals surface area contributed by atoms with Gasteiger partial charge in [-0.1, -0.05) is 30.3 Å². The average molecular weight is 357 g/mol. The molecule has 22 heavy (non-hydrogen) atoms. The Morgan fingerprint density at radius 2 is 1.95 bits per heavy atom. The highest BCUT2D eigenvalue weighted by molar-refractivity contribution is 9.10. The van der Waals surface area contributed by atoms with Crippen LogP contribution in [0.5, 0.6) is 0 Å². The highest BCUT2D eigenvalue weighted by Crippen LogP contribution is 2.21. The maximum absolute atomic E-state index is 12.0. The zero-order valence-corrected chi connectivity index (χ0v) is 13.2. The van der Waals surface area contributed by atoms with Gasteiger partial charge in [0.05, 0.1) is 11.2 Å². The molecule has 0 aliphatic heterocycles. The molecule has 3 aromatic rings. The van der Waals surface area contributed by atoms with E-state index in [0.29, 0.717) is 17.7 Å². The number of nitrogens with one attached hydrogen (secondary N) is 2. The quantitative estimate of drug-likeness (QED) is 0.751. The van der Waals surface area contributed by atoms with Crippen molar-refractivity contribution in [3.05, 3.63) is 64.9 Å². The van der Waals surface area contributed by atoms with Crippen molar-refractivity contribution in [1.82, 2.24) is 15.3 Å². The van der Waals surface area contributed by atoms with Crippen LogP contribution in [0.3, 0.4) is 0 Å². The van der Waals surface area contributed by atoms with Crippen LogP contribution in [0.15, 0.2) is 59.3 Å². The van der Waals surface area contributed by atoms with Crippen LogP contribution in [0.2, 0.25) is 0 Å².